The Hall–Kier alpha value is -1.03. The molecule has 1 aromatic heterocycles. The fraction of sp³-hybridized carbons (Fsp3) is 0.667. The van der Waals surface area contributed by atoms with Crippen molar-refractivity contribution in [3.05, 3.63) is 11.8 Å². The minimum atomic E-state index is 0.509. The summed E-state index contributed by atoms with van der Waals surface area (Å²) < 4.78 is 0. The zero-order valence-corrected chi connectivity index (χ0v) is 7.95. The Morgan fingerprint density at radius 3 is 3.23 bits per heavy atom. The van der Waals surface area contributed by atoms with Crippen molar-refractivity contribution >= 4 is 5.82 Å². The number of hydrogen-bond donors (Lipinski definition) is 2. The molecule has 1 unspecified atom stereocenters. The molecule has 0 amide bonds. The van der Waals surface area contributed by atoms with Gasteiger partial charge in [0.05, 0.1) is 11.7 Å². The molecule has 13 heavy (non-hydrogen) atoms. The number of likely N-dealkylation sites (tertiary alicyclic amines) is 1. The Morgan fingerprint density at radius 2 is 2.62 bits per heavy atom. The van der Waals surface area contributed by atoms with Gasteiger partial charge in [0, 0.05) is 6.07 Å². The van der Waals surface area contributed by atoms with Crippen LogP contribution in [0.1, 0.15) is 31.5 Å². The van der Waals surface area contributed by atoms with Gasteiger partial charge in [0.1, 0.15) is 5.82 Å². The number of hydrogen-bond acceptors (Lipinski definition) is 3. The average molecular weight is 180 g/mol. The summed E-state index contributed by atoms with van der Waals surface area (Å²) in [6.07, 6.45) is 2.49. The molecule has 0 aromatic carbocycles. The zero-order chi connectivity index (χ0) is 9.26. The number of rotatable bonds is 2. The maximum absolute atomic E-state index is 5.57. The minimum absolute atomic E-state index is 0.509. The molecule has 1 aliphatic heterocycles. The second-order valence-corrected chi connectivity index (χ2v) is 3.53. The van der Waals surface area contributed by atoms with Gasteiger partial charge in [0.25, 0.3) is 0 Å². The van der Waals surface area contributed by atoms with E-state index >= 15 is 0 Å². The molecule has 1 aliphatic rings. The van der Waals surface area contributed by atoms with E-state index in [2.05, 4.69) is 22.0 Å². The quantitative estimate of drug-likeness (QED) is 0.717. The van der Waals surface area contributed by atoms with Crippen LogP contribution in [-0.2, 0) is 0 Å². The lowest BCUT2D eigenvalue weighted by atomic mass is 10.1. The van der Waals surface area contributed by atoms with E-state index in [0.29, 0.717) is 11.9 Å². The molecule has 3 N–H and O–H groups in total. The predicted molar refractivity (Wildman–Crippen MR) is 52.2 cm³/mol. The smallest absolute Gasteiger partial charge is 0.145 e. The summed E-state index contributed by atoms with van der Waals surface area (Å²) in [7, 11) is 0. The van der Waals surface area contributed by atoms with Crippen LogP contribution in [0.4, 0.5) is 5.82 Å². The number of nitrogens with one attached hydrogen (secondary N) is 1. The van der Waals surface area contributed by atoms with Gasteiger partial charge in [-0.2, -0.15) is 5.10 Å². The molecule has 1 atom stereocenters. The third kappa shape index (κ3) is 1.54. The van der Waals surface area contributed by atoms with Gasteiger partial charge >= 0.3 is 0 Å². The molecule has 4 heteroatoms. The van der Waals surface area contributed by atoms with Gasteiger partial charge in [-0.1, -0.05) is 6.92 Å². The van der Waals surface area contributed by atoms with Gasteiger partial charge < -0.3 is 5.73 Å². The number of aromatic amines is 1. The summed E-state index contributed by atoms with van der Waals surface area (Å²) in [6.45, 7) is 4.49. The summed E-state index contributed by atoms with van der Waals surface area (Å²) in [5, 5.41) is 6.95. The Bertz CT molecular complexity index is 281. The normalized spacial score (nSPS) is 23.9. The van der Waals surface area contributed by atoms with Crippen molar-refractivity contribution < 1.29 is 0 Å². The second-order valence-electron chi connectivity index (χ2n) is 3.53. The topological polar surface area (TPSA) is 57.9 Å². The molecule has 72 valence electrons. The van der Waals surface area contributed by atoms with Crippen LogP contribution in [0.25, 0.3) is 0 Å². The number of nitrogens with two attached hydrogens (primary N) is 1. The van der Waals surface area contributed by atoms with Crippen molar-refractivity contribution in [3.63, 3.8) is 0 Å². The van der Waals surface area contributed by atoms with E-state index in [-0.39, 0.29) is 0 Å². The summed E-state index contributed by atoms with van der Waals surface area (Å²) in [5.41, 5.74) is 6.74. The average Bonchev–Trinajstić information content (AvgIpc) is 2.71. The SMILES string of the molecule is CCN1CCCC1c1cc(N)n[nH]1. The molecule has 1 fully saturated rings. The first kappa shape index (κ1) is 8.56. The third-order valence-electron chi connectivity index (χ3n) is 2.75. The molecule has 2 heterocycles. The molecule has 0 spiro atoms. The van der Waals surface area contributed by atoms with Crippen molar-refractivity contribution in [2.24, 2.45) is 0 Å². The highest BCUT2D eigenvalue weighted by Gasteiger charge is 2.25. The largest absolute Gasteiger partial charge is 0.382 e. The first-order valence-corrected chi connectivity index (χ1v) is 4.86. The fourth-order valence-electron chi connectivity index (χ4n) is 2.08. The van der Waals surface area contributed by atoms with Crippen molar-refractivity contribution in [2.75, 3.05) is 18.8 Å². The monoisotopic (exact) mass is 180 g/mol. The van der Waals surface area contributed by atoms with Crippen LogP contribution in [-0.4, -0.2) is 28.2 Å². The van der Waals surface area contributed by atoms with Gasteiger partial charge in [-0.3, -0.25) is 10.00 Å². The summed E-state index contributed by atoms with van der Waals surface area (Å²) >= 11 is 0. The Kier molecular flexibility index (Phi) is 2.22. The molecule has 2 rings (SSSR count). The van der Waals surface area contributed by atoms with Crippen LogP contribution in [0.15, 0.2) is 6.07 Å². The van der Waals surface area contributed by atoms with Crippen LogP contribution in [0, 0.1) is 0 Å². The first-order valence-electron chi connectivity index (χ1n) is 4.86. The van der Waals surface area contributed by atoms with Gasteiger partial charge in [0.2, 0.25) is 0 Å². The van der Waals surface area contributed by atoms with E-state index in [4.69, 9.17) is 5.73 Å². The number of aromatic nitrogens is 2. The van der Waals surface area contributed by atoms with Crippen LogP contribution in [0.2, 0.25) is 0 Å². The highest BCUT2D eigenvalue weighted by Crippen LogP contribution is 2.30. The van der Waals surface area contributed by atoms with E-state index in [0.717, 1.165) is 12.2 Å². The number of H-pyrrole nitrogens is 1. The van der Waals surface area contributed by atoms with Gasteiger partial charge in [0.15, 0.2) is 0 Å². The Labute approximate surface area is 78.1 Å². The standard InChI is InChI=1S/C9H16N4/c1-2-13-5-3-4-8(13)7-6-9(10)12-11-7/h6,8H,2-5H2,1H3,(H3,10,11,12). The lowest BCUT2D eigenvalue weighted by molar-refractivity contribution is 0.267. The zero-order valence-electron chi connectivity index (χ0n) is 7.95. The summed E-state index contributed by atoms with van der Waals surface area (Å²) in [4.78, 5) is 2.45. The molecular weight excluding hydrogens is 164 g/mol. The van der Waals surface area contributed by atoms with Crippen molar-refractivity contribution in [2.45, 2.75) is 25.8 Å². The van der Waals surface area contributed by atoms with Gasteiger partial charge in [-0.15, -0.1) is 0 Å². The maximum Gasteiger partial charge on any atom is 0.145 e. The van der Waals surface area contributed by atoms with Gasteiger partial charge in [-0.05, 0) is 25.9 Å². The molecule has 1 aromatic rings. The molecule has 1 saturated heterocycles. The van der Waals surface area contributed by atoms with Crippen LogP contribution >= 0.6 is 0 Å². The van der Waals surface area contributed by atoms with E-state index in [1.54, 1.807) is 0 Å². The predicted octanol–water partition coefficient (Wildman–Crippen LogP) is 1.15. The van der Waals surface area contributed by atoms with Crippen LogP contribution in [0.5, 0.6) is 0 Å². The molecule has 0 bridgehead atoms. The van der Waals surface area contributed by atoms with Crippen LogP contribution < -0.4 is 5.73 Å². The highest BCUT2D eigenvalue weighted by molar-refractivity contribution is 5.30. The molecule has 4 nitrogen and oxygen atoms in total. The van der Waals surface area contributed by atoms with Crippen LogP contribution in [0.3, 0.4) is 0 Å². The molecule has 0 radical (unpaired) electrons. The van der Waals surface area contributed by atoms with E-state index in [9.17, 15) is 0 Å². The second kappa shape index (κ2) is 3.38. The number of anilines is 1. The molecule has 0 aliphatic carbocycles. The Morgan fingerprint density at radius 1 is 1.77 bits per heavy atom. The minimum Gasteiger partial charge on any atom is -0.382 e. The lowest BCUT2D eigenvalue weighted by Crippen LogP contribution is -2.22. The van der Waals surface area contributed by atoms with E-state index in [1.165, 1.54) is 19.4 Å². The highest BCUT2D eigenvalue weighted by atomic mass is 15.2. The van der Waals surface area contributed by atoms with Crippen molar-refractivity contribution in [3.8, 4) is 0 Å². The van der Waals surface area contributed by atoms with Crippen molar-refractivity contribution in [1.29, 1.82) is 0 Å². The number of nitrogens with zero attached hydrogens (tertiary/aromatic N) is 2. The van der Waals surface area contributed by atoms with Gasteiger partial charge in [-0.25, -0.2) is 0 Å². The Balaban J connectivity index is 2.15. The number of nitrogen functional groups attached to an aromatic ring is 1. The lowest BCUT2D eigenvalue weighted by Gasteiger charge is -2.20. The van der Waals surface area contributed by atoms with E-state index < -0.39 is 0 Å². The van der Waals surface area contributed by atoms with Crippen molar-refractivity contribution in [1.82, 2.24) is 15.1 Å². The maximum atomic E-state index is 5.57. The molecule has 0 saturated carbocycles. The first-order chi connectivity index (χ1) is 6.31. The fourth-order valence-corrected chi connectivity index (χ4v) is 2.08. The summed E-state index contributed by atoms with van der Waals surface area (Å²) in [5.74, 6) is 0.595. The molecular formula is C9H16N4. The third-order valence-corrected chi connectivity index (χ3v) is 2.75. The summed E-state index contributed by atoms with van der Waals surface area (Å²) in [6, 6.07) is 2.45. The van der Waals surface area contributed by atoms with E-state index in [1.807, 2.05) is 6.07 Å².